The summed E-state index contributed by atoms with van der Waals surface area (Å²) in [5.74, 6) is 1.71. The van der Waals surface area contributed by atoms with E-state index in [2.05, 4.69) is 48.3 Å². The summed E-state index contributed by atoms with van der Waals surface area (Å²) in [5.41, 5.74) is 3.18. The summed E-state index contributed by atoms with van der Waals surface area (Å²) >= 11 is 1.70. The van der Waals surface area contributed by atoms with Crippen LogP contribution in [0.1, 0.15) is 55.6 Å². The third-order valence-corrected chi connectivity index (χ3v) is 6.15. The molecule has 1 aliphatic heterocycles. The molecule has 27 heavy (non-hydrogen) atoms. The number of anilines is 1. The number of piperidine rings is 1. The maximum Gasteiger partial charge on any atom is 0.252 e. The van der Waals surface area contributed by atoms with E-state index in [0.29, 0.717) is 0 Å². The second-order valence-electron chi connectivity index (χ2n) is 7.41. The van der Waals surface area contributed by atoms with E-state index >= 15 is 0 Å². The van der Waals surface area contributed by atoms with Gasteiger partial charge in [0.1, 0.15) is 0 Å². The molecule has 1 fully saturated rings. The number of nitrogens with zero attached hydrogens (tertiary/aromatic N) is 1. The normalized spacial score (nSPS) is 18.2. The minimum absolute atomic E-state index is 0.00650. The molecular formula is C23H30N2OS. The number of thioether (sulfide) groups is 1. The van der Waals surface area contributed by atoms with E-state index in [9.17, 15) is 4.79 Å². The van der Waals surface area contributed by atoms with Crippen molar-refractivity contribution in [1.82, 2.24) is 5.32 Å². The number of nitrogens with one attached hydrogen (secondary N) is 1. The van der Waals surface area contributed by atoms with Gasteiger partial charge < -0.3 is 10.2 Å². The van der Waals surface area contributed by atoms with Gasteiger partial charge in [0.25, 0.3) is 5.91 Å². The minimum Gasteiger partial charge on any atom is -0.371 e. The van der Waals surface area contributed by atoms with Crippen molar-refractivity contribution in [3.05, 3.63) is 59.7 Å². The first-order valence-corrected chi connectivity index (χ1v) is 10.9. The lowest BCUT2D eigenvalue weighted by molar-refractivity contribution is 0.0937. The van der Waals surface area contributed by atoms with Crippen LogP contribution in [-0.2, 0) is 0 Å². The fourth-order valence-corrected chi connectivity index (χ4v) is 4.49. The van der Waals surface area contributed by atoms with Crippen molar-refractivity contribution in [2.24, 2.45) is 5.92 Å². The lowest BCUT2D eigenvalue weighted by Crippen LogP contribution is -2.34. The Kier molecular flexibility index (Phi) is 6.84. The molecule has 0 bridgehead atoms. The van der Waals surface area contributed by atoms with E-state index in [0.717, 1.165) is 40.8 Å². The van der Waals surface area contributed by atoms with E-state index < -0.39 is 0 Å². The van der Waals surface area contributed by atoms with Gasteiger partial charge >= 0.3 is 0 Å². The van der Waals surface area contributed by atoms with Crippen LogP contribution >= 0.6 is 11.8 Å². The van der Waals surface area contributed by atoms with Crippen LogP contribution in [0.2, 0.25) is 0 Å². The predicted octanol–water partition coefficient (Wildman–Crippen LogP) is 5.53. The highest BCUT2D eigenvalue weighted by molar-refractivity contribution is 7.99. The van der Waals surface area contributed by atoms with E-state index in [1.807, 2.05) is 31.2 Å². The highest BCUT2D eigenvalue weighted by atomic mass is 32.2. The topological polar surface area (TPSA) is 32.3 Å². The van der Waals surface area contributed by atoms with Crippen molar-refractivity contribution < 1.29 is 4.79 Å². The summed E-state index contributed by atoms with van der Waals surface area (Å²) in [6, 6.07) is 16.5. The average Bonchev–Trinajstić information content (AvgIpc) is 2.68. The Labute approximate surface area is 167 Å². The van der Waals surface area contributed by atoms with E-state index in [1.54, 1.807) is 11.8 Å². The molecule has 1 heterocycles. The predicted molar refractivity (Wildman–Crippen MR) is 116 cm³/mol. The van der Waals surface area contributed by atoms with Crippen LogP contribution < -0.4 is 10.2 Å². The zero-order valence-corrected chi connectivity index (χ0v) is 17.4. The molecule has 2 aromatic rings. The Balaban J connectivity index is 1.66. The summed E-state index contributed by atoms with van der Waals surface area (Å²) in [5, 5.41) is 3.15. The molecule has 3 nitrogen and oxygen atoms in total. The zero-order chi connectivity index (χ0) is 19.2. The van der Waals surface area contributed by atoms with Crippen LogP contribution in [0, 0.1) is 5.92 Å². The molecule has 2 atom stereocenters. The maximum absolute atomic E-state index is 12.7. The number of amides is 1. The number of hydrogen-bond acceptors (Lipinski definition) is 3. The molecule has 1 N–H and O–H groups in total. The lowest BCUT2D eigenvalue weighted by Gasteiger charge is -2.33. The van der Waals surface area contributed by atoms with E-state index in [4.69, 9.17) is 0 Å². The van der Waals surface area contributed by atoms with Crippen molar-refractivity contribution >= 4 is 23.4 Å². The zero-order valence-electron chi connectivity index (χ0n) is 16.6. The highest BCUT2D eigenvalue weighted by Crippen LogP contribution is 2.26. The molecule has 1 amide bonds. The lowest BCUT2D eigenvalue weighted by atomic mass is 9.99. The third kappa shape index (κ3) is 5.07. The molecule has 144 valence electrons. The molecule has 4 heteroatoms. The standard InChI is InChI=1S/C23H30N2OS/c1-4-27-22-10-6-5-9-21(22)23(26)24-18(3)19-11-13-20(14-12-19)25-15-7-8-17(2)16-25/h5-6,9-14,17-18H,4,7-8,15-16H2,1-3H3,(H,24,26)/t17-,18-/m1/s1. The fourth-order valence-electron chi connectivity index (χ4n) is 3.69. The number of hydrogen-bond donors (Lipinski definition) is 1. The maximum atomic E-state index is 12.7. The van der Waals surface area contributed by atoms with Crippen molar-refractivity contribution in [3.8, 4) is 0 Å². The Bertz CT molecular complexity index is 759. The smallest absolute Gasteiger partial charge is 0.252 e. The molecule has 0 spiro atoms. The van der Waals surface area contributed by atoms with Crippen LogP contribution in [-0.4, -0.2) is 24.7 Å². The molecule has 2 aromatic carbocycles. The molecule has 0 aliphatic carbocycles. The summed E-state index contributed by atoms with van der Waals surface area (Å²) < 4.78 is 0. The van der Waals surface area contributed by atoms with Crippen LogP contribution in [0.5, 0.6) is 0 Å². The summed E-state index contributed by atoms with van der Waals surface area (Å²) in [4.78, 5) is 16.3. The quantitative estimate of drug-likeness (QED) is 0.667. The van der Waals surface area contributed by atoms with Gasteiger partial charge in [0, 0.05) is 23.7 Å². The molecule has 0 unspecified atom stereocenters. The first kappa shape index (κ1) is 19.8. The first-order valence-electron chi connectivity index (χ1n) is 9.96. The number of rotatable bonds is 6. The van der Waals surface area contributed by atoms with Crippen LogP contribution in [0.15, 0.2) is 53.4 Å². The summed E-state index contributed by atoms with van der Waals surface area (Å²) in [6.07, 6.45) is 2.60. The first-order chi connectivity index (χ1) is 13.1. The Hall–Kier alpha value is -1.94. The van der Waals surface area contributed by atoms with Gasteiger partial charge in [-0.2, -0.15) is 0 Å². The number of carbonyl (C=O) groups is 1. The molecule has 3 rings (SSSR count). The average molecular weight is 383 g/mol. The van der Waals surface area contributed by atoms with E-state index in [1.165, 1.54) is 18.5 Å². The van der Waals surface area contributed by atoms with Gasteiger partial charge in [0.15, 0.2) is 0 Å². The van der Waals surface area contributed by atoms with Gasteiger partial charge in [-0.15, -0.1) is 11.8 Å². The largest absolute Gasteiger partial charge is 0.371 e. The monoisotopic (exact) mass is 382 g/mol. The Morgan fingerprint density at radius 1 is 1.22 bits per heavy atom. The summed E-state index contributed by atoms with van der Waals surface area (Å²) in [7, 11) is 0. The van der Waals surface area contributed by atoms with Crippen LogP contribution in [0.25, 0.3) is 0 Å². The Morgan fingerprint density at radius 3 is 2.67 bits per heavy atom. The highest BCUT2D eigenvalue weighted by Gasteiger charge is 2.18. The molecule has 1 saturated heterocycles. The van der Waals surface area contributed by atoms with Gasteiger partial charge in [0.05, 0.1) is 11.6 Å². The summed E-state index contributed by atoms with van der Waals surface area (Å²) in [6.45, 7) is 8.75. The van der Waals surface area contributed by atoms with Gasteiger partial charge in [-0.25, -0.2) is 0 Å². The molecule has 0 aromatic heterocycles. The SMILES string of the molecule is CCSc1ccccc1C(=O)N[C@H](C)c1ccc(N2CCC[C@@H](C)C2)cc1. The molecule has 0 radical (unpaired) electrons. The molecular weight excluding hydrogens is 352 g/mol. The fraction of sp³-hybridized carbons (Fsp3) is 0.435. The van der Waals surface area contributed by atoms with Crippen molar-refractivity contribution in [3.63, 3.8) is 0 Å². The van der Waals surface area contributed by atoms with Gasteiger partial charge in [-0.05, 0) is 61.3 Å². The van der Waals surface area contributed by atoms with E-state index in [-0.39, 0.29) is 11.9 Å². The second-order valence-corrected chi connectivity index (χ2v) is 8.72. The van der Waals surface area contributed by atoms with Gasteiger partial charge in [-0.3, -0.25) is 4.79 Å². The van der Waals surface area contributed by atoms with Crippen molar-refractivity contribution in [2.45, 2.75) is 44.6 Å². The Morgan fingerprint density at radius 2 is 1.96 bits per heavy atom. The van der Waals surface area contributed by atoms with Crippen molar-refractivity contribution in [1.29, 1.82) is 0 Å². The van der Waals surface area contributed by atoms with Crippen LogP contribution in [0.3, 0.4) is 0 Å². The van der Waals surface area contributed by atoms with Gasteiger partial charge in [-0.1, -0.05) is 38.1 Å². The van der Waals surface area contributed by atoms with Crippen LogP contribution in [0.4, 0.5) is 5.69 Å². The molecule has 0 saturated carbocycles. The second kappa shape index (κ2) is 9.32. The van der Waals surface area contributed by atoms with Gasteiger partial charge in [0.2, 0.25) is 0 Å². The minimum atomic E-state index is -0.0217. The third-order valence-electron chi connectivity index (χ3n) is 5.19. The number of carbonyl (C=O) groups excluding carboxylic acids is 1. The molecule has 1 aliphatic rings. The van der Waals surface area contributed by atoms with Crippen molar-refractivity contribution in [2.75, 3.05) is 23.7 Å². The number of benzene rings is 2.